The third kappa shape index (κ3) is 6.49. The standard InChI is InChI=1S/C25H27N3OS/c1-25(2,3)21-13-15-22(16-14-21)29-23-12-8-7-11-20(23)17-27-28-24(26)30-18-19-9-5-4-6-10-19/h4-17H,18H2,1-3H3,(H2,26,28). The summed E-state index contributed by atoms with van der Waals surface area (Å²) in [5, 5.41) is 8.65. The Balaban J connectivity index is 1.64. The largest absolute Gasteiger partial charge is 0.457 e. The first-order valence-electron chi connectivity index (χ1n) is 9.82. The van der Waals surface area contributed by atoms with Gasteiger partial charge in [0.05, 0.1) is 6.21 Å². The number of hydrogen-bond acceptors (Lipinski definition) is 4. The molecule has 30 heavy (non-hydrogen) atoms. The number of rotatable bonds is 6. The Morgan fingerprint density at radius 1 is 0.933 bits per heavy atom. The molecule has 5 heteroatoms. The van der Waals surface area contributed by atoms with Crippen LogP contribution in [0.25, 0.3) is 0 Å². The van der Waals surface area contributed by atoms with Crippen molar-refractivity contribution in [3.63, 3.8) is 0 Å². The molecule has 0 radical (unpaired) electrons. The van der Waals surface area contributed by atoms with Gasteiger partial charge < -0.3 is 10.5 Å². The van der Waals surface area contributed by atoms with Gasteiger partial charge in [-0.3, -0.25) is 0 Å². The molecule has 0 aliphatic rings. The molecule has 0 bridgehead atoms. The molecule has 3 aromatic carbocycles. The van der Waals surface area contributed by atoms with E-state index in [0.29, 0.717) is 5.17 Å². The summed E-state index contributed by atoms with van der Waals surface area (Å²) in [6.07, 6.45) is 1.66. The van der Waals surface area contributed by atoms with Gasteiger partial charge in [0.1, 0.15) is 11.5 Å². The van der Waals surface area contributed by atoms with Gasteiger partial charge in [-0.05, 0) is 40.8 Å². The Kier molecular flexibility index (Phi) is 7.31. The Labute approximate surface area is 182 Å². The van der Waals surface area contributed by atoms with Crippen LogP contribution < -0.4 is 10.5 Å². The lowest BCUT2D eigenvalue weighted by molar-refractivity contribution is 0.480. The number of benzene rings is 3. The van der Waals surface area contributed by atoms with E-state index in [1.165, 1.54) is 22.9 Å². The monoisotopic (exact) mass is 417 g/mol. The summed E-state index contributed by atoms with van der Waals surface area (Å²) in [5.74, 6) is 2.26. The number of para-hydroxylation sites is 1. The first kappa shape index (κ1) is 21.7. The van der Waals surface area contributed by atoms with Crippen molar-refractivity contribution in [2.45, 2.75) is 31.9 Å². The number of nitrogens with two attached hydrogens (primary N) is 1. The highest BCUT2D eigenvalue weighted by molar-refractivity contribution is 8.13. The molecule has 0 aliphatic carbocycles. The van der Waals surface area contributed by atoms with Crippen LogP contribution in [0.4, 0.5) is 0 Å². The van der Waals surface area contributed by atoms with Crippen molar-refractivity contribution in [2.75, 3.05) is 0 Å². The number of amidine groups is 1. The SMILES string of the molecule is CC(C)(C)c1ccc(Oc2ccccc2C=NN=C(N)SCc2ccccc2)cc1. The van der Waals surface area contributed by atoms with Crippen molar-refractivity contribution < 1.29 is 4.74 Å². The summed E-state index contributed by atoms with van der Waals surface area (Å²) >= 11 is 1.46. The zero-order valence-electron chi connectivity index (χ0n) is 17.6. The summed E-state index contributed by atoms with van der Waals surface area (Å²) < 4.78 is 6.06. The van der Waals surface area contributed by atoms with Gasteiger partial charge in [-0.1, -0.05) is 87.1 Å². The zero-order valence-corrected chi connectivity index (χ0v) is 18.4. The Morgan fingerprint density at radius 3 is 2.30 bits per heavy atom. The van der Waals surface area contributed by atoms with E-state index in [9.17, 15) is 0 Å². The Morgan fingerprint density at radius 2 is 1.60 bits per heavy atom. The van der Waals surface area contributed by atoms with Crippen molar-refractivity contribution in [3.05, 3.63) is 95.6 Å². The van der Waals surface area contributed by atoms with E-state index >= 15 is 0 Å². The fourth-order valence-electron chi connectivity index (χ4n) is 2.74. The highest BCUT2D eigenvalue weighted by Crippen LogP contribution is 2.28. The van der Waals surface area contributed by atoms with Crippen LogP contribution in [-0.4, -0.2) is 11.4 Å². The second-order valence-corrected chi connectivity index (χ2v) is 8.87. The van der Waals surface area contributed by atoms with Crippen LogP contribution in [0.5, 0.6) is 11.5 Å². The van der Waals surface area contributed by atoms with E-state index < -0.39 is 0 Å². The normalized spacial score (nSPS) is 12.3. The quantitative estimate of drug-likeness (QED) is 0.288. The molecule has 0 unspecified atom stereocenters. The molecule has 0 spiro atoms. The fourth-order valence-corrected chi connectivity index (χ4v) is 3.35. The number of ether oxygens (including phenoxy) is 1. The first-order chi connectivity index (χ1) is 14.4. The van der Waals surface area contributed by atoms with E-state index in [1.54, 1.807) is 6.21 Å². The van der Waals surface area contributed by atoms with E-state index in [-0.39, 0.29) is 5.41 Å². The van der Waals surface area contributed by atoms with Crippen LogP contribution in [0.15, 0.2) is 89.1 Å². The molecule has 0 saturated heterocycles. The van der Waals surface area contributed by atoms with Crippen LogP contribution in [0, 0.1) is 0 Å². The van der Waals surface area contributed by atoms with E-state index in [1.807, 2.05) is 54.6 Å². The van der Waals surface area contributed by atoms with E-state index in [4.69, 9.17) is 10.5 Å². The molecule has 0 heterocycles. The smallest absolute Gasteiger partial charge is 0.180 e. The third-order valence-electron chi connectivity index (χ3n) is 4.45. The van der Waals surface area contributed by atoms with Gasteiger partial charge in [0.25, 0.3) is 0 Å². The molecule has 0 amide bonds. The maximum absolute atomic E-state index is 6.06. The van der Waals surface area contributed by atoms with Crippen molar-refractivity contribution in [3.8, 4) is 11.5 Å². The third-order valence-corrected chi connectivity index (χ3v) is 5.30. The average molecular weight is 418 g/mol. The number of hydrogen-bond donors (Lipinski definition) is 1. The summed E-state index contributed by atoms with van der Waals surface area (Å²) in [5.41, 5.74) is 9.37. The van der Waals surface area contributed by atoms with Crippen molar-refractivity contribution in [1.82, 2.24) is 0 Å². The van der Waals surface area contributed by atoms with E-state index in [2.05, 4.69) is 55.2 Å². The predicted octanol–water partition coefficient (Wildman–Crippen LogP) is 6.36. The van der Waals surface area contributed by atoms with Crippen LogP contribution in [0.2, 0.25) is 0 Å². The molecule has 0 atom stereocenters. The molecule has 0 aliphatic heterocycles. The lowest BCUT2D eigenvalue weighted by atomic mass is 9.87. The van der Waals surface area contributed by atoms with Crippen molar-refractivity contribution >= 4 is 23.1 Å². The summed E-state index contributed by atoms with van der Waals surface area (Å²) in [6, 6.07) is 26.0. The van der Waals surface area contributed by atoms with Gasteiger partial charge in [-0.2, -0.15) is 5.10 Å². The lowest BCUT2D eigenvalue weighted by Crippen LogP contribution is -2.10. The minimum atomic E-state index is 0.111. The molecule has 0 saturated carbocycles. The first-order valence-corrected chi connectivity index (χ1v) is 10.8. The Bertz CT molecular complexity index is 1010. The average Bonchev–Trinajstić information content (AvgIpc) is 2.74. The highest BCUT2D eigenvalue weighted by atomic mass is 32.2. The highest BCUT2D eigenvalue weighted by Gasteiger charge is 2.13. The molecule has 3 aromatic rings. The minimum Gasteiger partial charge on any atom is -0.457 e. The second kappa shape index (κ2) is 10.1. The van der Waals surface area contributed by atoms with Crippen LogP contribution in [0.3, 0.4) is 0 Å². The van der Waals surface area contributed by atoms with Crippen LogP contribution in [0.1, 0.15) is 37.5 Å². The number of nitrogens with zero attached hydrogens (tertiary/aromatic N) is 2. The van der Waals surface area contributed by atoms with Gasteiger partial charge in [0.2, 0.25) is 0 Å². The summed E-state index contributed by atoms with van der Waals surface area (Å²) in [4.78, 5) is 0. The Hall–Kier alpha value is -3.05. The topological polar surface area (TPSA) is 60.0 Å². The van der Waals surface area contributed by atoms with Crippen molar-refractivity contribution in [2.24, 2.45) is 15.9 Å². The summed E-state index contributed by atoms with van der Waals surface area (Å²) in [7, 11) is 0. The van der Waals surface area contributed by atoms with Gasteiger partial charge >= 0.3 is 0 Å². The molecule has 3 rings (SSSR count). The molecule has 154 valence electrons. The molecule has 4 nitrogen and oxygen atoms in total. The minimum absolute atomic E-state index is 0.111. The van der Waals surface area contributed by atoms with E-state index in [0.717, 1.165) is 22.8 Å². The molecule has 0 aromatic heterocycles. The van der Waals surface area contributed by atoms with Gasteiger partial charge in [-0.25, -0.2) is 0 Å². The van der Waals surface area contributed by atoms with Crippen molar-refractivity contribution in [1.29, 1.82) is 0 Å². The number of thioether (sulfide) groups is 1. The van der Waals surface area contributed by atoms with Gasteiger partial charge in [0.15, 0.2) is 5.17 Å². The fraction of sp³-hybridized carbons (Fsp3) is 0.200. The molecular weight excluding hydrogens is 390 g/mol. The predicted molar refractivity (Wildman–Crippen MR) is 129 cm³/mol. The van der Waals surface area contributed by atoms with Crippen LogP contribution in [-0.2, 0) is 11.2 Å². The molecule has 0 fully saturated rings. The molecule has 2 N–H and O–H groups in total. The zero-order chi connectivity index (χ0) is 21.4. The maximum Gasteiger partial charge on any atom is 0.180 e. The van der Waals surface area contributed by atoms with Gasteiger partial charge in [-0.15, -0.1) is 5.10 Å². The molecular formula is C25H27N3OS. The maximum atomic E-state index is 6.06. The summed E-state index contributed by atoms with van der Waals surface area (Å²) in [6.45, 7) is 6.58. The lowest BCUT2D eigenvalue weighted by Gasteiger charge is -2.19. The van der Waals surface area contributed by atoms with Gasteiger partial charge in [0, 0.05) is 11.3 Å². The second-order valence-electron chi connectivity index (χ2n) is 7.87. The van der Waals surface area contributed by atoms with Crippen LogP contribution >= 0.6 is 11.8 Å².